The van der Waals surface area contributed by atoms with E-state index in [1.54, 1.807) is 0 Å². The van der Waals surface area contributed by atoms with E-state index in [1.807, 2.05) is 0 Å². The summed E-state index contributed by atoms with van der Waals surface area (Å²) >= 11 is 0. The summed E-state index contributed by atoms with van der Waals surface area (Å²) in [4.78, 5) is 0. The third-order valence-electron chi connectivity index (χ3n) is 4.18. The van der Waals surface area contributed by atoms with Crippen LogP contribution < -0.4 is 0 Å². The molecule has 2 saturated carbocycles. The quantitative estimate of drug-likeness (QED) is 0.711. The van der Waals surface area contributed by atoms with Crippen LogP contribution in [0.25, 0.3) is 0 Å². The Balaban J connectivity index is 1.87. The van der Waals surface area contributed by atoms with Crippen LogP contribution in [0.2, 0.25) is 0 Å². The standard InChI is InChI=1S/C12H22O/c1-2-3-8-12(13)9-10-6-4-5-7-11(10)12/h10-11,13H,2-9H2,1H3. The summed E-state index contributed by atoms with van der Waals surface area (Å²) in [6, 6.07) is 0. The highest BCUT2D eigenvalue weighted by atomic mass is 16.3. The van der Waals surface area contributed by atoms with Gasteiger partial charge in [0.25, 0.3) is 0 Å². The smallest absolute Gasteiger partial charge is 0.0681 e. The van der Waals surface area contributed by atoms with Gasteiger partial charge in [0.15, 0.2) is 0 Å². The van der Waals surface area contributed by atoms with Crippen LogP contribution in [0.3, 0.4) is 0 Å². The molecule has 76 valence electrons. The highest BCUT2D eigenvalue weighted by Crippen LogP contribution is 2.53. The van der Waals surface area contributed by atoms with Crippen molar-refractivity contribution >= 4 is 0 Å². The van der Waals surface area contributed by atoms with E-state index in [9.17, 15) is 5.11 Å². The molecule has 0 amide bonds. The molecule has 1 heteroatoms. The molecule has 0 radical (unpaired) electrons. The summed E-state index contributed by atoms with van der Waals surface area (Å²) in [7, 11) is 0. The molecule has 0 spiro atoms. The number of hydrogen-bond donors (Lipinski definition) is 1. The Morgan fingerprint density at radius 3 is 2.77 bits per heavy atom. The Hall–Kier alpha value is -0.0400. The summed E-state index contributed by atoms with van der Waals surface area (Å²) in [6.45, 7) is 2.21. The molecule has 0 heterocycles. The van der Waals surface area contributed by atoms with E-state index in [1.165, 1.54) is 38.5 Å². The molecule has 0 bridgehead atoms. The first-order chi connectivity index (χ1) is 6.26. The van der Waals surface area contributed by atoms with Crippen LogP contribution in [-0.4, -0.2) is 10.7 Å². The molecule has 0 aromatic rings. The van der Waals surface area contributed by atoms with Crippen molar-refractivity contribution in [1.29, 1.82) is 0 Å². The molecule has 2 aliphatic carbocycles. The van der Waals surface area contributed by atoms with Gasteiger partial charge in [0.05, 0.1) is 5.60 Å². The van der Waals surface area contributed by atoms with E-state index in [0.717, 1.165) is 18.8 Å². The topological polar surface area (TPSA) is 20.2 Å². The van der Waals surface area contributed by atoms with Gasteiger partial charge in [-0.05, 0) is 37.5 Å². The third-order valence-corrected chi connectivity index (χ3v) is 4.18. The lowest BCUT2D eigenvalue weighted by Gasteiger charge is -2.54. The third kappa shape index (κ3) is 1.63. The van der Waals surface area contributed by atoms with Crippen molar-refractivity contribution < 1.29 is 5.11 Å². The van der Waals surface area contributed by atoms with Crippen molar-refractivity contribution in [3.8, 4) is 0 Å². The summed E-state index contributed by atoms with van der Waals surface area (Å²) in [6.07, 6.45) is 10.0. The molecular weight excluding hydrogens is 160 g/mol. The molecule has 2 rings (SSSR count). The molecule has 3 unspecified atom stereocenters. The summed E-state index contributed by atoms with van der Waals surface area (Å²) < 4.78 is 0. The van der Waals surface area contributed by atoms with Crippen molar-refractivity contribution in [3.63, 3.8) is 0 Å². The molecule has 2 fully saturated rings. The van der Waals surface area contributed by atoms with Crippen molar-refractivity contribution in [1.82, 2.24) is 0 Å². The summed E-state index contributed by atoms with van der Waals surface area (Å²) in [5.74, 6) is 1.56. The first-order valence-corrected chi connectivity index (χ1v) is 5.98. The van der Waals surface area contributed by atoms with Crippen molar-refractivity contribution in [2.75, 3.05) is 0 Å². The zero-order valence-corrected chi connectivity index (χ0v) is 8.76. The molecule has 13 heavy (non-hydrogen) atoms. The number of fused-ring (bicyclic) bond motifs is 1. The summed E-state index contributed by atoms with van der Waals surface area (Å²) in [5.41, 5.74) is -0.235. The molecule has 0 aromatic carbocycles. The van der Waals surface area contributed by atoms with Gasteiger partial charge in [-0.1, -0.05) is 32.6 Å². The van der Waals surface area contributed by atoms with Gasteiger partial charge in [-0.25, -0.2) is 0 Å². The van der Waals surface area contributed by atoms with Crippen LogP contribution in [0.4, 0.5) is 0 Å². The molecule has 1 N–H and O–H groups in total. The highest BCUT2D eigenvalue weighted by molar-refractivity contribution is 5.03. The van der Waals surface area contributed by atoms with Crippen LogP contribution in [0.15, 0.2) is 0 Å². The number of aliphatic hydroxyl groups is 1. The monoisotopic (exact) mass is 182 g/mol. The van der Waals surface area contributed by atoms with E-state index >= 15 is 0 Å². The molecule has 3 atom stereocenters. The van der Waals surface area contributed by atoms with Crippen molar-refractivity contribution in [2.45, 2.75) is 63.9 Å². The number of hydrogen-bond acceptors (Lipinski definition) is 1. The van der Waals surface area contributed by atoms with Crippen LogP contribution in [0.5, 0.6) is 0 Å². The van der Waals surface area contributed by atoms with Gasteiger partial charge in [-0.15, -0.1) is 0 Å². The van der Waals surface area contributed by atoms with Crippen LogP contribution in [0.1, 0.15) is 58.3 Å². The van der Waals surface area contributed by atoms with Crippen molar-refractivity contribution in [2.24, 2.45) is 11.8 Å². The fourth-order valence-electron chi connectivity index (χ4n) is 3.37. The normalized spacial score (nSPS) is 43.8. The fourth-order valence-corrected chi connectivity index (χ4v) is 3.37. The molecular formula is C12H22O. The van der Waals surface area contributed by atoms with Crippen LogP contribution >= 0.6 is 0 Å². The highest BCUT2D eigenvalue weighted by Gasteiger charge is 2.51. The lowest BCUT2D eigenvalue weighted by atomic mass is 9.54. The summed E-state index contributed by atoms with van der Waals surface area (Å²) in [5, 5.41) is 10.3. The van der Waals surface area contributed by atoms with Gasteiger partial charge in [0, 0.05) is 0 Å². The Kier molecular flexibility index (Phi) is 2.64. The second-order valence-corrected chi connectivity index (χ2v) is 5.06. The SMILES string of the molecule is CCCCC1(O)CC2CCCCC21. The zero-order valence-electron chi connectivity index (χ0n) is 8.76. The average Bonchev–Trinajstić information content (AvgIpc) is 2.13. The predicted octanol–water partition coefficient (Wildman–Crippen LogP) is 3.12. The molecule has 1 nitrogen and oxygen atoms in total. The van der Waals surface area contributed by atoms with E-state index < -0.39 is 0 Å². The Bertz CT molecular complexity index is 174. The predicted molar refractivity (Wildman–Crippen MR) is 54.5 cm³/mol. The maximum atomic E-state index is 10.3. The number of rotatable bonds is 3. The number of unbranched alkanes of at least 4 members (excludes halogenated alkanes) is 1. The molecule has 2 aliphatic rings. The van der Waals surface area contributed by atoms with Gasteiger partial charge in [-0.2, -0.15) is 0 Å². The first kappa shape index (κ1) is 9.51. The molecule has 0 aromatic heterocycles. The van der Waals surface area contributed by atoms with E-state index in [-0.39, 0.29) is 5.60 Å². The average molecular weight is 182 g/mol. The molecule has 0 saturated heterocycles. The van der Waals surface area contributed by atoms with E-state index in [4.69, 9.17) is 0 Å². The van der Waals surface area contributed by atoms with Crippen LogP contribution in [0, 0.1) is 11.8 Å². The fraction of sp³-hybridized carbons (Fsp3) is 1.00. The second kappa shape index (κ2) is 3.61. The Morgan fingerprint density at radius 2 is 2.08 bits per heavy atom. The minimum absolute atomic E-state index is 0.235. The van der Waals surface area contributed by atoms with E-state index in [0.29, 0.717) is 5.92 Å². The lowest BCUT2D eigenvalue weighted by molar-refractivity contribution is -0.159. The Labute approximate surface area is 81.5 Å². The van der Waals surface area contributed by atoms with Gasteiger partial charge in [-0.3, -0.25) is 0 Å². The largest absolute Gasteiger partial charge is 0.390 e. The maximum absolute atomic E-state index is 10.3. The lowest BCUT2D eigenvalue weighted by Crippen LogP contribution is -2.55. The van der Waals surface area contributed by atoms with Crippen LogP contribution in [-0.2, 0) is 0 Å². The van der Waals surface area contributed by atoms with Crippen molar-refractivity contribution in [3.05, 3.63) is 0 Å². The van der Waals surface area contributed by atoms with Gasteiger partial charge in [0.2, 0.25) is 0 Å². The second-order valence-electron chi connectivity index (χ2n) is 5.06. The Morgan fingerprint density at radius 1 is 1.31 bits per heavy atom. The minimum Gasteiger partial charge on any atom is -0.390 e. The van der Waals surface area contributed by atoms with Gasteiger partial charge >= 0.3 is 0 Å². The first-order valence-electron chi connectivity index (χ1n) is 5.98. The minimum atomic E-state index is -0.235. The molecule has 0 aliphatic heterocycles. The van der Waals surface area contributed by atoms with Gasteiger partial charge < -0.3 is 5.11 Å². The zero-order chi connectivity index (χ0) is 9.31. The van der Waals surface area contributed by atoms with E-state index in [2.05, 4.69) is 6.92 Å². The van der Waals surface area contributed by atoms with Gasteiger partial charge in [0.1, 0.15) is 0 Å². The maximum Gasteiger partial charge on any atom is 0.0681 e.